The Morgan fingerprint density at radius 2 is 1.76 bits per heavy atom. The average Bonchev–Trinajstić information content (AvgIpc) is 3.02. The van der Waals surface area contributed by atoms with E-state index in [2.05, 4.69) is 4.98 Å². The first kappa shape index (κ1) is 16.8. The summed E-state index contributed by atoms with van der Waals surface area (Å²) >= 11 is 0. The maximum Gasteiger partial charge on any atom is 0.416 e. The minimum absolute atomic E-state index is 0.0354. The molecule has 0 aliphatic carbocycles. The fourth-order valence-electron chi connectivity index (χ4n) is 2.61. The van der Waals surface area contributed by atoms with Crippen LogP contribution in [0.1, 0.15) is 16.7 Å². The number of hydrogen-bond donors (Lipinski definition) is 2. The minimum Gasteiger partial charge on any atom is -0.384 e. The van der Waals surface area contributed by atoms with Crippen LogP contribution in [-0.4, -0.2) is 15.4 Å². The quantitative estimate of drug-likeness (QED) is 0.557. The summed E-state index contributed by atoms with van der Waals surface area (Å²) < 4.78 is 39.9. The molecule has 25 heavy (non-hydrogen) atoms. The lowest BCUT2D eigenvalue weighted by molar-refractivity contribution is -0.137. The molecule has 0 bridgehead atoms. The average molecular weight is 344 g/mol. The number of benzene rings is 2. The van der Waals surface area contributed by atoms with Crippen LogP contribution in [0, 0.1) is 5.41 Å². The Labute approximate surface area is 142 Å². The molecule has 0 spiro atoms. The second-order valence-corrected chi connectivity index (χ2v) is 5.52. The third-order valence-electron chi connectivity index (χ3n) is 3.83. The van der Waals surface area contributed by atoms with Crippen LogP contribution in [0.2, 0.25) is 0 Å². The van der Waals surface area contributed by atoms with Gasteiger partial charge in [0.1, 0.15) is 11.7 Å². The molecule has 2 aromatic carbocycles. The molecule has 0 fully saturated rings. The molecule has 0 saturated carbocycles. The van der Waals surface area contributed by atoms with Crippen molar-refractivity contribution in [2.45, 2.75) is 12.7 Å². The Hall–Kier alpha value is -3.09. The zero-order valence-electron chi connectivity index (χ0n) is 13.1. The van der Waals surface area contributed by atoms with Crippen molar-refractivity contribution in [1.82, 2.24) is 9.55 Å². The first-order valence-corrected chi connectivity index (χ1v) is 7.47. The van der Waals surface area contributed by atoms with Crippen molar-refractivity contribution in [3.8, 4) is 11.4 Å². The number of nitrogens with zero attached hydrogens (tertiary/aromatic N) is 2. The second-order valence-electron chi connectivity index (χ2n) is 5.52. The van der Waals surface area contributed by atoms with Crippen molar-refractivity contribution in [1.29, 1.82) is 5.41 Å². The van der Waals surface area contributed by atoms with E-state index in [-0.39, 0.29) is 5.84 Å². The molecule has 1 aromatic heterocycles. The molecule has 0 aliphatic heterocycles. The third kappa shape index (κ3) is 3.55. The maximum absolute atomic E-state index is 12.7. The van der Waals surface area contributed by atoms with Gasteiger partial charge >= 0.3 is 6.18 Å². The molecule has 7 heteroatoms. The van der Waals surface area contributed by atoms with Gasteiger partial charge in [-0.15, -0.1) is 0 Å². The topological polar surface area (TPSA) is 67.7 Å². The van der Waals surface area contributed by atoms with E-state index >= 15 is 0 Å². The summed E-state index contributed by atoms with van der Waals surface area (Å²) in [6, 6.07) is 12.1. The van der Waals surface area contributed by atoms with Crippen LogP contribution < -0.4 is 5.73 Å². The van der Waals surface area contributed by atoms with Crippen LogP contribution in [0.5, 0.6) is 0 Å². The molecule has 4 nitrogen and oxygen atoms in total. The second kappa shape index (κ2) is 6.43. The maximum atomic E-state index is 12.7. The molecular weight excluding hydrogens is 329 g/mol. The fourth-order valence-corrected chi connectivity index (χ4v) is 2.61. The number of imidazole rings is 1. The Balaban J connectivity index is 1.93. The van der Waals surface area contributed by atoms with E-state index in [1.165, 1.54) is 12.1 Å². The Morgan fingerprint density at radius 3 is 2.40 bits per heavy atom. The van der Waals surface area contributed by atoms with Gasteiger partial charge in [-0.05, 0) is 17.7 Å². The third-order valence-corrected chi connectivity index (χ3v) is 3.83. The van der Waals surface area contributed by atoms with Crippen LogP contribution in [0.25, 0.3) is 11.4 Å². The van der Waals surface area contributed by atoms with Gasteiger partial charge in [-0.3, -0.25) is 5.41 Å². The Bertz CT molecular complexity index is 895. The number of aromatic nitrogens is 2. The SMILES string of the molecule is N=C(N)c1ccccc1Cn1ccnc1-c1ccc(C(F)(F)F)cc1. The zero-order chi connectivity index (χ0) is 18.0. The largest absolute Gasteiger partial charge is 0.416 e. The summed E-state index contributed by atoms with van der Waals surface area (Å²) in [6.45, 7) is 0.409. The fraction of sp³-hybridized carbons (Fsp3) is 0.111. The normalized spacial score (nSPS) is 11.5. The highest BCUT2D eigenvalue weighted by atomic mass is 19.4. The van der Waals surface area contributed by atoms with Crippen molar-refractivity contribution in [2.24, 2.45) is 5.73 Å². The lowest BCUT2D eigenvalue weighted by Gasteiger charge is -2.12. The monoisotopic (exact) mass is 344 g/mol. The number of hydrogen-bond acceptors (Lipinski definition) is 2. The van der Waals surface area contributed by atoms with Crippen molar-refractivity contribution in [2.75, 3.05) is 0 Å². The van der Waals surface area contributed by atoms with Gasteiger partial charge in [-0.1, -0.05) is 36.4 Å². The minimum atomic E-state index is -4.37. The molecule has 0 saturated heterocycles. The molecule has 0 amide bonds. The van der Waals surface area contributed by atoms with E-state index in [1.54, 1.807) is 24.5 Å². The summed E-state index contributed by atoms with van der Waals surface area (Å²) in [6.07, 6.45) is -1.04. The van der Waals surface area contributed by atoms with Crippen LogP contribution in [0.3, 0.4) is 0 Å². The Morgan fingerprint density at radius 1 is 1.08 bits per heavy atom. The Kier molecular flexibility index (Phi) is 4.31. The summed E-state index contributed by atoms with van der Waals surface area (Å²) in [4.78, 5) is 4.25. The molecule has 3 N–H and O–H groups in total. The summed E-state index contributed by atoms with van der Waals surface area (Å²) in [5, 5.41) is 7.65. The summed E-state index contributed by atoms with van der Waals surface area (Å²) in [7, 11) is 0. The summed E-state index contributed by atoms with van der Waals surface area (Å²) in [5.41, 5.74) is 6.94. The van der Waals surface area contributed by atoms with Crippen molar-refractivity contribution < 1.29 is 13.2 Å². The van der Waals surface area contributed by atoms with Gasteiger partial charge in [0.05, 0.1) is 5.56 Å². The van der Waals surface area contributed by atoms with Crippen LogP contribution >= 0.6 is 0 Å². The number of rotatable bonds is 4. The van der Waals surface area contributed by atoms with E-state index in [9.17, 15) is 13.2 Å². The van der Waals surface area contributed by atoms with Gasteiger partial charge in [0.15, 0.2) is 0 Å². The van der Waals surface area contributed by atoms with E-state index in [4.69, 9.17) is 11.1 Å². The van der Waals surface area contributed by atoms with Crippen LogP contribution in [0.4, 0.5) is 13.2 Å². The standard InChI is InChI=1S/C18H15F3N4/c19-18(20,21)14-7-5-12(6-8-14)17-24-9-10-25(17)11-13-3-1-2-4-15(13)16(22)23/h1-10H,11H2,(H3,22,23). The van der Waals surface area contributed by atoms with Gasteiger partial charge in [-0.2, -0.15) is 13.2 Å². The van der Waals surface area contributed by atoms with Gasteiger partial charge in [0.25, 0.3) is 0 Å². The highest BCUT2D eigenvalue weighted by molar-refractivity contribution is 5.96. The van der Waals surface area contributed by atoms with Crippen molar-refractivity contribution in [3.63, 3.8) is 0 Å². The number of nitrogens with one attached hydrogen (secondary N) is 1. The number of halogens is 3. The predicted molar refractivity (Wildman–Crippen MR) is 89.2 cm³/mol. The number of alkyl halides is 3. The predicted octanol–water partition coefficient (Wildman–Crippen LogP) is 3.90. The molecule has 3 rings (SSSR count). The summed E-state index contributed by atoms with van der Waals surface area (Å²) in [5.74, 6) is 0.513. The van der Waals surface area contributed by atoms with Crippen LogP contribution in [-0.2, 0) is 12.7 Å². The van der Waals surface area contributed by atoms with Gasteiger partial charge in [-0.25, -0.2) is 4.98 Å². The van der Waals surface area contributed by atoms with Gasteiger partial charge < -0.3 is 10.3 Å². The molecule has 3 aromatic rings. The number of amidine groups is 1. The lowest BCUT2D eigenvalue weighted by Crippen LogP contribution is -2.15. The van der Waals surface area contributed by atoms with Gasteiger partial charge in [0.2, 0.25) is 0 Å². The van der Waals surface area contributed by atoms with E-state index in [0.717, 1.165) is 17.7 Å². The first-order chi connectivity index (χ1) is 11.9. The molecule has 128 valence electrons. The lowest BCUT2D eigenvalue weighted by atomic mass is 10.1. The van der Waals surface area contributed by atoms with Crippen molar-refractivity contribution in [3.05, 3.63) is 77.6 Å². The van der Waals surface area contributed by atoms with Crippen LogP contribution in [0.15, 0.2) is 60.9 Å². The van der Waals surface area contributed by atoms with Crippen molar-refractivity contribution >= 4 is 5.84 Å². The van der Waals surface area contributed by atoms with E-state index in [1.807, 2.05) is 16.7 Å². The first-order valence-electron chi connectivity index (χ1n) is 7.47. The zero-order valence-corrected chi connectivity index (χ0v) is 13.1. The van der Waals surface area contributed by atoms with E-state index < -0.39 is 11.7 Å². The number of nitrogen functional groups attached to an aromatic ring is 1. The molecule has 1 heterocycles. The molecule has 0 radical (unpaired) electrons. The highest BCUT2D eigenvalue weighted by Gasteiger charge is 2.30. The molecule has 0 unspecified atom stereocenters. The number of nitrogens with two attached hydrogens (primary N) is 1. The smallest absolute Gasteiger partial charge is 0.384 e. The highest BCUT2D eigenvalue weighted by Crippen LogP contribution is 2.30. The van der Waals surface area contributed by atoms with E-state index in [0.29, 0.717) is 23.5 Å². The molecule has 0 aliphatic rings. The molecule has 0 atom stereocenters. The molecular formula is C18H15F3N4. The van der Waals surface area contributed by atoms with Gasteiger partial charge in [0, 0.05) is 30.1 Å².